The second kappa shape index (κ2) is 4.21. The molecule has 0 N–H and O–H groups in total. The van der Waals surface area contributed by atoms with Crippen LogP contribution in [-0.4, -0.2) is 31.5 Å². The second-order valence-corrected chi connectivity index (χ2v) is 3.92. The maximum atomic E-state index is 5.20. The van der Waals surface area contributed by atoms with Crippen LogP contribution in [0.2, 0.25) is 0 Å². The number of rotatable bonds is 3. The smallest absolute Gasteiger partial charge is 0.103 e. The van der Waals surface area contributed by atoms with E-state index in [0.717, 1.165) is 6.61 Å². The van der Waals surface area contributed by atoms with E-state index in [2.05, 4.69) is 0 Å². The summed E-state index contributed by atoms with van der Waals surface area (Å²) in [6, 6.07) is 0. The van der Waals surface area contributed by atoms with Gasteiger partial charge in [-0.1, -0.05) is 0 Å². The molecule has 0 aliphatic carbocycles. The Morgan fingerprint density at radius 2 is 2.20 bits per heavy atom. The summed E-state index contributed by atoms with van der Waals surface area (Å²) in [7, 11) is 3.52. The van der Waals surface area contributed by atoms with Gasteiger partial charge >= 0.3 is 0 Å². The Morgan fingerprint density at radius 3 is 2.70 bits per heavy atom. The van der Waals surface area contributed by atoms with Crippen LogP contribution < -0.4 is 0 Å². The molecular weight excluding hydrogens is 148 g/mol. The van der Waals surface area contributed by atoms with Crippen molar-refractivity contribution in [2.24, 2.45) is 0 Å². The molecule has 0 amide bonds. The van der Waals surface area contributed by atoms with Gasteiger partial charge < -0.3 is 9.47 Å². The number of hydrogen-bond donors (Lipinski definition) is 0. The van der Waals surface area contributed by atoms with Crippen molar-refractivity contribution in [2.75, 3.05) is 20.8 Å². The Labute approximate surface area is 66.3 Å². The van der Waals surface area contributed by atoms with Gasteiger partial charge in [0.2, 0.25) is 0 Å². The molecule has 1 aliphatic heterocycles. The Balaban J connectivity index is 2.15. The minimum Gasteiger partial charge on any atom is -0.384 e. The number of hydrogen-bond acceptors (Lipinski definition) is 3. The van der Waals surface area contributed by atoms with E-state index < -0.39 is 0 Å². The van der Waals surface area contributed by atoms with Crippen molar-refractivity contribution in [3.63, 3.8) is 0 Å². The average molecular weight is 162 g/mol. The van der Waals surface area contributed by atoms with Gasteiger partial charge in [-0.25, -0.2) is 0 Å². The number of methoxy groups -OCH3 is 2. The van der Waals surface area contributed by atoms with Crippen molar-refractivity contribution in [2.45, 2.75) is 23.5 Å². The summed E-state index contributed by atoms with van der Waals surface area (Å²) in [5, 5.41) is 0.662. The molecule has 0 aromatic carbocycles. The molecule has 1 heterocycles. The Morgan fingerprint density at radius 1 is 1.40 bits per heavy atom. The summed E-state index contributed by atoms with van der Waals surface area (Å²) in [5.74, 6) is 0. The summed E-state index contributed by atoms with van der Waals surface area (Å²) < 4.78 is 10.2. The molecule has 0 bridgehead atoms. The molecule has 0 aromatic rings. The highest BCUT2D eigenvalue weighted by Crippen LogP contribution is 2.33. The molecule has 2 unspecified atom stereocenters. The fourth-order valence-electron chi connectivity index (χ4n) is 1.15. The van der Waals surface area contributed by atoms with Crippen LogP contribution in [0.5, 0.6) is 0 Å². The summed E-state index contributed by atoms with van der Waals surface area (Å²) in [6.07, 6.45) is 2.41. The molecular formula is C7H14O2S. The molecule has 1 rings (SSSR count). The zero-order valence-corrected chi connectivity index (χ0v) is 7.32. The molecule has 1 aliphatic rings. The Kier molecular flexibility index (Phi) is 3.52. The van der Waals surface area contributed by atoms with Gasteiger partial charge in [0, 0.05) is 19.5 Å². The Hall–Kier alpha value is 0.270. The first-order chi connectivity index (χ1) is 4.86. The van der Waals surface area contributed by atoms with Gasteiger partial charge in [0.15, 0.2) is 0 Å². The van der Waals surface area contributed by atoms with E-state index >= 15 is 0 Å². The van der Waals surface area contributed by atoms with Crippen LogP contribution >= 0.6 is 11.8 Å². The first-order valence-corrected chi connectivity index (χ1v) is 4.48. The van der Waals surface area contributed by atoms with Crippen molar-refractivity contribution in [1.82, 2.24) is 0 Å². The number of thioether (sulfide) groups is 1. The average Bonchev–Trinajstić information content (AvgIpc) is 2.37. The predicted octanol–water partition coefficient (Wildman–Crippen LogP) is 1.50. The van der Waals surface area contributed by atoms with Gasteiger partial charge in [0.05, 0.1) is 6.61 Å². The lowest BCUT2D eigenvalue weighted by Crippen LogP contribution is -2.06. The van der Waals surface area contributed by atoms with Crippen molar-refractivity contribution in [3.05, 3.63) is 0 Å². The highest BCUT2D eigenvalue weighted by molar-refractivity contribution is 8.00. The van der Waals surface area contributed by atoms with Crippen LogP contribution in [0.1, 0.15) is 12.8 Å². The van der Waals surface area contributed by atoms with Crippen LogP contribution in [0.25, 0.3) is 0 Å². The van der Waals surface area contributed by atoms with Crippen LogP contribution in [0, 0.1) is 0 Å². The summed E-state index contributed by atoms with van der Waals surface area (Å²) in [6.45, 7) is 0.866. The van der Waals surface area contributed by atoms with E-state index in [4.69, 9.17) is 9.47 Å². The van der Waals surface area contributed by atoms with E-state index in [9.17, 15) is 0 Å². The standard InChI is InChI=1S/C7H14O2S/c1-8-5-6-3-4-7(9-2)10-6/h6-7H,3-5H2,1-2H3. The van der Waals surface area contributed by atoms with Crippen LogP contribution in [0.15, 0.2) is 0 Å². The lowest BCUT2D eigenvalue weighted by atomic mass is 10.2. The summed E-state index contributed by atoms with van der Waals surface area (Å²) >= 11 is 1.89. The lowest BCUT2D eigenvalue weighted by molar-refractivity contribution is 0.169. The first kappa shape index (κ1) is 8.37. The Bertz CT molecular complexity index is 97.6. The SMILES string of the molecule is COCC1CCC(OC)S1. The van der Waals surface area contributed by atoms with Crippen LogP contribution in [0.4, 0.5) is 0 Å². The van der Waals surface area contributed by atoms with Crippen LogP contribution in [-0.2, 0) is 9.47 Å². The van der Waals surface area contributed by atoms with E-state index in [0.29, 0.717) is 10.7 Å². The normalized spacial score (nSPS) is 33.0. The van der Waals surface area contributed by atoms with Crippen molar-refractivity contribution in [1.29, 1.82) is 0 Å². The van der Waals surface area contributed by atoms with Gasteiger partial charge in [0.1, 0.15) is 5.44 Å². The van der Waals surface area contributed by atoms with Crippen molar-refractivity contribution in [3.8, 4) is 0 Å². The molecule has 0 saturated carbocycles. The third kappa shape index (κ3) is 2.15. The van der Waals surface area contributed by atoms with Gasteiger partial charge in [-0.05, 0) is 12.8 Å². The molecule has 0 aromatic heterocycles. The highest BCUT2D eigenvalue weighted by Gasteiger charge is 2.24. The molecule has 1 saturated heterocycles. The zero-order chi connectivity index (χ0) is 7.40. The van der Waals surface area contributed by atoms with E-state index in [1.54, 1.807) is 14.2 Å². The number of ether oxygens (including phenoxy) is 2. The second-order valence-electron chi connectivity index (χ2n) is 2.46. The molecule has 0 radical (unpaired) electrons. The summed E-state index contributed by atoms with van der Waals surface area (Å²) in [4.78, 5) is 0. The highest BCUT2D eigenvalue weighted by atomic mass is 32.2. The quantitative estimate of drug-likeness (QED) is 0.626. The first-order valence-electron chi connectivity index (χ1n) is 3.54. The lowest BCUT2D eigenvalue weighted by Gasteiger charge is -2.07. The zero-order valence-electron chi connectivity index (χ0n) is 6.50. The van der Waals surface area contributed by atoms with Gasteiger partial charge in [-0.2, -0.15) is 0 Å². The molecule has 3 heteroatoms. The molecule has 10 heavy (non-hydrogen) atoms. The van der Waals surface area contributed by atoms with Crippen molar-refractivity contribution >= 4 is 11.8 Å². The predicted molar refractivity (Wildman–Crippen MR) is 43.3 cm³/mol. The van der Waals surface area contributed by atoms with Crippen molar-refractivity contribution < 1.29 is 9.47 Å². The minimum atomic E-state index is 0.417. The molecule has 60 valence electrons. The molecule has 2 atom stereocenters. The molecule has 1 fully saturated rings. The molecule has 0 spiro atoms. The third-order valence-electron chi connectivity index (χ3n) is 1.68. The van der Waals surface area contributed by atoms with Gasteiger partial charge in [-0.3, -0.25) is 0 Å². The fraction of sp³-hybridized carbons (Fsp3) is 1.00. The van der Waals surface area contributed by atoms with Crippen LogP contribution in [0.3, 0.4) is 0 Å². The maximum absolute atomic E-state index is 5.20. The molecule has 2 nitrogen and oxygen atoms in total. The monoisotopic (exact) mass is 162 g/mol. The van der Waals surface area contributed by atoms with E-state index in [1.165, 1.54) is 12.8 Å². The topological polar surface area (TPSA) is 18.5 Å². The van der Waals surface area contributed by atoms with Gasteiger partial charge in [-0.15, -0.1) is 11.8 Å². The third-order valence-corrected chi connectivity index (χ3v) is 3.17. The summed E-state index contributed by atoms with van der Waals surface area (Å²) in [5.41, 5.74) is 0.417. The van der Waals surface area contributed by atoms with E-state index in [1.807, 2.05) is 11.8 Å². The maximum Gasteiger partial charge on any atom is 0.103 e. The minimum absolute atomic E-state index is 0.417. The van der Waals surface area contributed by atoms with E-state index in [-0.39, 0.29) is 0 Å². The largest absolute Gasteiger partial charge is 0.384 e. The van der Waals surface area contributed by atoms with Gasteiger partial charge in [0.25, 0.3) is 0 Å². The fourth-order valence-corrected chi connectivity index (χ4v) is 2.45.